The first-order valence-electron chi connectivity index (χ1n) is 5.56. The number of nitrogens with two attached hydrogens (primary N) is 1. The molecule has 1 aliphatic rings. The van der Waals surface area contributed by atoms with Gasteiger partial charge in [0, 0.05) is 0 Å². The maximum Gasteiger partial charge on any atom is -0.00489 e. The second-order valence-corrected chi connectivity index (χ2v) is 4.25. The molecule has 0 bridgehead atoms. The Balaban J connectivity index is 2.18. The Hall–Kier alpha value is -0.0400. The van der Waals surface area contributed by atoms with E-state index in [0.29, 0.717) is 0 Å². The maximum absolute atomic E-state index is 5.70. The number of hydrogen-bond acceptors (Lipinski definition) is 1. The SMILES string of the molecule is CCC(CN)CC1CCCCC1. The van der Waals surface area contributed by atoms with Gasteiger partial charge in [-0.1, -0.05) is 45.4 Å². The van der Waals surface area contributed by atoms with Crippen LogP contribution in [-0.4, -0.2) is 6.54 Å². The molecule has 1 aliphatic carbocycles. The van der Waals surface area contributed by atoms with E-state index in [-0.39, 0.29) is 0 Å². The summed E-state index contributed by atoms with van der Waals surface area (Å²) in [4.78, 5) is 0. The lowest BCUT2D eigenvalue weighted by molar-refractivity contribution is 0.286. The van der Waals surface area contributed by atoms with E-state index in [1.807, 2.05) is 0 Å². The summed E-state index contributed by atoms with van der Waals surface area (Å²) in [7, 11) is 0. The first kappa shape index (κ1) is 10.0. The third-order valence-electron chi connectivity index (χ3n) is 3.30. The highest BCUT2D eigenvalue weighted by atomic mass is 14.5. The molecule has 0 spiro atoms. The summed E-state index contributed by atoms with van der Waals surface area (Å²) in [6.45, 7) is 3.16. The van der Waals surface area contributed by atoms with Crippen LogP contribution in [0.4, 0.5) is 0 Å². The van der Waals surface area contributed by atoms with Crippen molar-refractivity contribution in [3.63, 3.8) is 0 Å². The lowest BCUT2D eigenvalue weighted by atomic mass is 9.82. The minimum atomic E-state index is 0.799. The fraction of sp³-hybridized carbons (Fsp3) is 1.00. The third kappa shape index (κ3) is 3.14. The Bertz CT molecular complexity index is 102. The summed E-state index contributed by atoms with van der Waals surface area (Å²) in [6.07, 6.45) is 10.0. The van der Waals surface area contributed by atoms with E-state index in [0.717, 1.165) is 18.4 Å². The van der Waals surface area contributed by atoms with Crippen LogP contribution in [0.15, 0.2) is 0 Å². The quantitative estimate of drug-likeness (QED) is 0.688. The van der Waals surface area contributed by atoms with E-state index in [2.05, 4.69) is 6.92 Å². The molecular weight excluding hydrogens is 146 g/mol. The van der Waals surface area contributed by atoms with Crippen molar-refractivity contribution in [3.8, 4) is 0 Å². The standard InChI is InChI=1S/C11H23N/c1-2-10(9-12)8-11-6-4-3-5-7-11/h10-11H,2-9,12H2,1H3. The average molecular weight is 169 g/mol. The van der Waals surface area contributed by atoms with Gasteiger partial charge in [0.2, 0.25) is 0 Å². The molecule has 0 aliphatic heterocycles. The van der Waals surface area contributed by atoms with Gasteiger partial charge in [0.15, 0.2) is 0 Å². The van der Waals surface area contributed by atoms with Crippen LogP contribution in [-0.2, 0) is 0 Å². The monoisotopic (exact) mass is 169 g/mol. The Kier molecular flexibility index (Phi) is 4.67. The summed E-state index contributed by atoms with van der Waals surface area (Å²) in [5.41, 5.74) is 5.70. The largest absolute Gasteiger partial charge is 0.330 e. The zero-order valence-corrected chi connectivity index (χ0v) is 8.39. The molecule has 1 nitrogen and oxygen atoms in total. The van der Waals surface area contributed by atoms with Crippen molar-refractivity contribution in [2.24, 2.45) is 17.6 Å². The van der Waals surface area contributed by atoms with E-state index in [1.165, 1.54) is 44.9 Å². The Labute approximate surface area is 76.7 Å². The van der Waals surface area contributed by atoms with Crippen LogP contribution in [0.3, 0.4) is 0 Å². The minimum absolute atomic E-state index is 0.799. The molecule has 2 N–H and O–H groups in total. The maximum atomic E-state index is 5.70. The van der Waals surface area contributed by atoms with E-state index >= 15 is 0 Å². The molecule has 0 amide bonds. The van der Waals surface area contributed by atoms with E-state index in [9.17, 15) is 0 Å². The molecular formula is C11H23N. The summed E-state index contributed by atoms with van der Waals surface area (Å²) in [5, 5.41) is 0. The molecule has 0 radical (unpaired) electrons. The van der Waals surface area contributed by atoms with Gasteiger partial charge in [-0.25, -0.2) is 0 Å². The molecule has 0 saturated heterocycles. The molecule has 1 fully saturated rings. The van der Waals surface area contributed by atoms with Gasteiger partial charge in [-0.2, -0.15) is 0 Å². The smallest absolute Gasteiger partial charge is 0.00489 e. The van der Waals surface area contributed by atoms with E-state index < -0.39 is 0 Å². The number of rotatable bonds is 4. The van der Waals surface area contributed by atoms with Crippen LogP contribution in [0, 0.1) is 11.8 Å². The Morgan fingerprint density at radius 1 is 1.25 bits per heavy atom. The van der Waals surface area contributed by atoms with Gasteiger partial charge in [-0.05, 0) is 24.8 Å². The highest BCUT2D eigenvalue weighted by molar-refractivity contribution is 4.70. The lowest BCUT2D eigenvalue weighted by Gasteiger charge is -2.25. The summed E-state index contributed by atoms with van der Waals surface area (Å²) >= 11 is 0. The Morgan fingerprint density at radius 2 is 1.92 bits per heavy atom. The van der Waals surface area contributed by atoms with Crippen LogP contribution >= 0.6 is 0 Å². The normalized spacial score (nSPS) is 22.5. The predicted octanol–water partition coefficient (Wildman–Crippen LogP) is 2.94. The van der Waals surface area contributed by atoms with Crippen LogP contribution in [0.5, 0.6) is 0 Å². The first-order chi connectivity index (χ1) is 5.86. The van der Waals surface area contributed by atoms with Gasteiger partial charge in [0.1, 0.15) is 0 Å². The van der Waals surface area contributed by atoms with Crippen molar-refractivity contribution in [3.05, 3.63) is 0 Å². The zero-order valence-electron chi connectivity index (χ0n) is 8.39. The molecule has 1 saturated carbocycles. The highest BCUT2D eigenvalue weighted by Gasteiger charge is 2.16. The summed E-state index contributed by atoms with van der Waals surface area (Å²) in [5.74, 6) is 1.81. The second-order valence-electron chi connectivity index (χ2n) is 4.25. The van der Waals surface area contributed by atoms with Crippen molar-refractivity contribution in [1.29, 1.82) is 0 Å². The van der Waals surface area contributed by atoms with Gasteiger partial charge in [-0.3, -0.25) is 0 Å². The predicted molar refractivity (Wildman–Crippen MR) is 54.0 cm³/mol. The molecule has 1 atom stereocenters. The number of hydrogen-bond donors (Lipinski definition) is 1. The molecule has 0 aromatic rings. The van der Waals surface area contributed by atoms with Crippen LogP contribution in [0.1, 0.15) is 51.9 Å². The van der Waals surface area contributed by atoms with Gasteiger partial charge in [0.05, 0.1) is 0 Å². The third-order valence-corrected chi connectivity index (χ3v) is 3.30. The summed E-state index contributed by atoms with van der Waals surface area (Å²) < 4.78 is 0. The fourth-order valence-electron chi connectivity index (χ4n) is 2.32. The van der Waals surface area contributed by atoms with Gasteiger partial charge >= 0.3 is 0 Å². The van der Waals surface area contributed by atoms with Crippen LogP contribution < -0.4 is 5.73 Å². The van der Waals surface area contributed by atoms with Gasteiger partial charge in [0.25, 0.3) is 0 Å². The zero-order chi connectivity index (χ0) is 8.81. The Morgan fingerprint density at radius 3 is 2.42 bits per heavy atom. The molecule has 72 valence electrons. The van der Waals surface area contributed by atoms with Crippen molar-refractivity contribution in [1.82, 2.24) is 0 Å². The van der Waals surface area contributed by atoms with Crippen molar-refractivity contribution < 1.29 is 0 Å². The molecule has 0 aromatic carbocycles. The topological polar surface area (TPSA) is 26.0 Å². The lowest BCUT2D eigenvalue weighted by Crippen LogP contribution is -2.18. The van der Waals surface area contributed by atoms with Gasteiger partial charge in [-0.15, -0.1) is 0 Å². The van der Waals surface area contributed by atoms with Gasteiger partial charge < -0.3 is 5.73 Å². The second kappa shape index (κ2) is 5.58. The molecule has 1 heteroatoms. The van der Waals surface area contributed by atoms with E-state index in [4.69, 9.17) is 5.73 Å². The molecule has 0 aromatic heterocycles. The van der Waals surface area contributed by atoms with Crippen molar-refractivity contribution in [2.45, 2.75) is 51.9 Å². The van der Waals surface area contributed by atoms with Crippen molar-refractivity contribution >= 4 is 0 Å². The molecule has 1 unspecified atom stereocenters. The van der Waals surface area contributed by atoms with Crippen LogP contribution in [0.2, 0.25) is 0 Å². The first-order valence-corrected chi connectivity index (χ1v) is 5.56. The molecule has 1 rings (SSSR count). The highest BCUT2D eigenvalue weighted by Crippen LogP contribution is 2.29. The molecule has 0 heterocycles. The van der Waals surface area contributed by atoms with Crippen molar-refractivity contribution in [2.75, 3.05) is 6.54 Å². The van der Waals surface area contributed by atoms with E-state index in [1.54, 1.807) is 0 Å². The average Bonchev–Trinajstić information content (AvgIpc) is 2.16. The van der Waals surface area contributed by atoms with Crippen LogP contribution in [0.25, 0.3) is 0 Å². The fourth-order valence-corrected chi connectivity index (χ4v) is 2.32. The minimum Gasteiger partial charge on any atom is -0.330 e. The molecule has 12 heavy (non-hydrogen) atoms. The summed E-state index contributed by atoms with van der Waals surface area (Å²) in [6, 6.07) is 0.